The van der Waals surface area contributed by atoms with Crippen LogP contribution >= 0.6 is 11.3 Å². The number of ether oxygens (including phenoxy) is 2. The number of nitriles is 1. The lowest BCUT2D eigenvalue weighted by Gasteiger charge is -2.17. The number of aryl methyl sites for hydroxylation is 1. The molecule has 0 aliphatic heterocycles. The zero-order chi connectivity index (χ0) is 24.1. The Kier molecular flexibility index (Phi) is 7.34. The van der Waals surface area contributed by atoms with E-state index >= 15 is 0 Å². The van der Waals surface area contributed by atoms with E-state index in [0.717, 1.165) is 36.0 Å². The second-order valence-corrected chi connectivity index (χ2v) is 9.72. The van der Waals surface area contributed by atoms with Crippen LogP contribution in [0.25, 0.3) is 6.08 Å². The predicted octanol–water partition coefficient (Wildman–Crippen LogP) is 6.29. The van der Waals surface area contributed by atoms with Crippen LogP contribution in [0, 0.1) is 24.2 Å². The van der Waals surface area contributed by atoms with Crippen molar-refractivity contribution in [1.29, 1.82) is 5.26 Å². The molecule has 1 atom stereocenters. The Morgan fingerprint density at radius 1 is 1.26 bits per heavy atom. The lowest BCUT2D eigenvalue weighted by molar-refractivity contribution is -0.111. The molecule has 0 spiro atoms. The summed E-state index contributed by atoms with van der Waals surface area (Å²) in [5.74, 6) is 1.59. The molecule has 1 amide bonds. The van der Waals surface area contributed by atoms with Crippen molar-refractivity contribution in [1.82, 2.24) is 0 Å². The summed E-state index contributed by atoms with van der Waals surface area (Å²) in [5, 5.41) is 13.2. The lowest BCUT2D eigenvalue weighted by Crippen LogP contribution is -2.10. The maximum absolute atomic E-state index is 12.6. The standard InChI is InChI=1S/C28H28N2O3S/c1-18-8-11-22-23(16-29)28(34-26(22)14-18)30-27(31)13-10-20-9-12-24(25(15-20)32-3)33-17-21-7-5-4-6-19(21)2/h4-7,9-10,12-13,15,18H,8,11,14,17H2,1-3H3,(H,30,31). The molecule has 4 rings (SSSR count). The Hall–Kier alpha value is -3.56. The minimum atomic E-state index is -0.262. The van der Waals surface area contributed by atoms with Crippen LogP contribution in [0.2, 0.25) is 0 Å². The van der Waals surface area contributed by atoms with E-state index in [0.29, 0.717) is 34.6 Å². The average molecular weight is 473 g/mol. The average Bonchev–Trinajstić information content (AvgIpc) is 3.18. The fourth-order valence-electron chi connectivity index (χ4n) is 4.12. The number of hydrogen-bond donors (Lipinski definition) is 1. The van der Waals surface area contributed by atoms with E-state index < -0.39 is 0 Å². The molecule has 1 aliphatic rings. The predicted molar refractivity (Wildman–Crippen MR) is 136 cm³/mol. The van der Waals surface area contributed by atoms with Crippen molar-refractivity contribution in [2.75, 3.05) is 12.4 Å². The number of carbonyl (C=O) groups excluding carboxylic acids is 1. The number of methoxy groups -OCH3 is 1. The molecular weight excluding hydrogens is 444 g/mol. The van der Waals surface area contributed by atoms with Gasteiger partial charge in [0.15, 0.2) is 11.5 Å². The Morgan fingerprint density at radius 2 is 2.09 bits per heavy atom. The van der Waals surface area contributed by atoms with Gasteiger partial charge in [-0.05, 0) is 72.6 Å². The number of amides is 1. The smallest absolute Gasteiger partial charge is 0.249 e. The Bertz CT molecular complexity index is 1270. The van der Waals surface area contributed by atoms with Crippen molar-refractivity contribution >= 4 is 28.3 Å². The van der Waals surface area contributed by atoms with Gasteiger partial charge in [-0.2, -0.15) is 5.26 Å². The molecule has 0 fully saturated rings. The molecule has 6 heteroatoms. The van der Waals surface area contributed by atoms with Crippen LogP contribution in [0.15, 0.2) is 48.5 Å². The van der Waals surface area contributed by atoms with E-state index in [9.17, 15) is 10.1 Å². The highest BCUT2D eigenvalue weighted by Gasteiger charge is 2.24. The number of hydrogen-bond acceptors (Lipinski definition) is 5. The van der Waals surface area contributed by atoms with Gasteiger partial charge in [-0.1, -0.05) is 37.3 Å². The second kappa shape index (κ2) is 10.6. The fraction of sp³-hybridized carbons (Fsp3) is 0.286. The minimum Gasteiger partial charge on any atom is -0.493 e. The van der Waals surface area contributed by atoms with Gasteiger partial charge >= 0.3 is 0 Å². The van der Waals surface area contributed by atoms with Crippen molar-refractivity contribution in [3.05, 3.63) is 81.2 Å². The molecule has 2 aromatic carbocycles. The highest BCUT2D eigenvalue weighted by molar-refractivity contribution is 7.16. The summed E-state index contributed by atoms with van der Waals surface area (Å²) >= 11 is 1.53. The molecule has 1 unspecified atom stereocenters. The van der Waals surface area contributed by atoms with Gasteiger partial charge in [0.2, 0.25) is 5.91 Å². The van der Waals surface area contributed by atoms with Crippen LogP contribution in [-0.2, 0) is 24.2 Å². The zero-order valence-electron chi connectivity index (χ0n) is 19.7. The SMILES string of the molecule is COc1cc(C=CC(=O)Nc2sc3c(c2C#N)CCC(C)C3)ccc1OCc1ccccc1C. The van der Waals surface area contributed by atoms with Gasteiger partial charge in [0.25, 0.3) is 0 Å². The maximum atomic E-state index is 12.6. The summed E-state index contributed by atoms with van der Waals surface area (Å²) in [6.45, 7) is 4.73. The summed E-state index contributed by atoms with van der Waals surface area (Å²) in [5.41, 5.74) is 4.83. The van der Waals surface area contributed by atoms with Crippen LogP contribution < -0.4 is 14.8 Å². The molecule has 1 N–H and O–H groups in total. The van der Waals surface area contributed by atoms with E-state index in [-0.39, 0.29) is 5.91 Å². The van der Waals surface area contributed by atoms with Crippen molar-refractivity contribution in [2.45, 2.75) is 39.7 Å². The van der Waals surface area contributed by atoms with E-state index in [2.05, 4.69) is 31.3 Å². The van der Waals surface area contributed by atoms with Crippen molar-refractivity contribution in [2.24, 2.45) is 5.92 Å². The number of anilines is 1. The number of rotatable bonds is 7. The molecule has 1 aromatic heterocycles. The Morgan fingerprint density at radius 3 is 2.85 bits per heavy atom. The van der Waals surface area contributed by atoms with Crippen LogP contribution in [0.3, 0.4) is 0 Å². The van der Waals surface area contributed by atoms with Crippen LogP contribution in [0.4, 0.5) is 5.00 Å². The maximum Gasteiger partial charge on any atom is 0.249 e. The third kappa shape index (κ3) is 5.32. The summed E-state index contributed by atoms with van der Waals surface area (Å²) < 4.78 is 11.5. The normalized spacial score (nSPS) is 14.9. The summed E-state index contributed by atoms with van der Waals surface area (Å²) in [6.07, 6.45) is 6.16. The van der Waals surface area contributed by atoms with Gasteiger partial charge in [-0.25, -0.2) is 0 Å². The van der Waals surface area contributed by atoms with Crippen molar-refractivity contribution in [3.8, 4) is 17.6 Å². The third-order valence-electron chi connectivity index (χ3n) is 6.12. The number of nitrogens with zero attached hydrogens (tertiary/aromatic N) is 1. The first-order chi connectivity index (χ1) is 16.5. The Labute approximate surface area is 204 Å². The number of carbonyl (C=O) groups is 1. The molecule has 5 nitrogen and oxygen atoms in total. The molecule has 174 valence electrons. The van der Waals surface area contributed by atoms with Gasteiger partial charge in [0, 0.05) is 11.0 Å². The van der Waals surface area contributed by atoms with Crippen molar-refractivity contribution in [3.63, 3.8) is 0 Å². The first-order valence-electron chi connectivity index (χ1n) is 11.4. The molecule has 0 saturated carbocycles. The summed E-state index contributed by atoms with van der Waals surface area (Å²) in [4.78, 5) is 13.8. The number of nitrogens with one attached hydrogen (secondary N) is 1. The lowest BCUT2D eigenvalue weighted by atomic mass is 9.89. The first-order valence-corrected chi connectivity index (χ1v) is 12.2. The van der Waals surface area contributed by atoms with E-state index in [1.165, 1.54) is 27.9 Å². The summed E-state index contributed by atoms with van der Waals surface area (Å²) in [6, 6.07) is 15.9. The molecule has 1 heterocycles. The molecule has 1 aliphatic carbocycles. The van der Waals surface area contributed by atoms with Gasteiger partial charge in [-0.3, -0.25) is 4.79 Å². The monoisotopic (exact) mass is 472 g/mol. The molecule has 0 saturated heterocycles. The van der Waals surface area contributed by atoms with Crippen molar-refractivity contribution < 1.29 is 14.3 Å². The quantitative estimate of drug-likeness (QED) is 0.410. The van der Waals surface area contributed by atoms with Gasteiger partial charge < -0.3 is 14.8 Å². The highest BCUT2D eigenvalue weighted by atomic mass is 32.1. The second-order valence-electron chi connectivity index (χ2n) is 8.62. The molecule has 34 heavy (non-hydrogen) atoms. The first kappa shape index (κ1) is 23.6. The van der Waals surface area contributed by atoms with Gasteiger partial charge in [0.1, 0.15) is 17.7 Å². The third-order valence-corrected chi connectivity index (χ3v) is 7.29. The number of fused-ring (bicyclic) bond motifs is 1. The molecule has 0 radical (unpaired) electrons. The van der Waals surface area contributed by atoms with E-state index in [1.807, 2.05) is 36.4 Å². The van der Waals surface area contributed by atoms with Gasteiger partial charge in [-0.15, -0.1) is 11.3 Å². The minimum absolute atomic E-state index is 0.262. The zero-order valence-corrected chi connectivity index (χ0v) is 20.5. The van der Waals surface area contributed by atoms with E-state index in [4.69, 9.17) is 9.47 Å². The van der Waals surface area contributed by atoms with E-state index in [1.54, 1.807) is 13.2 Å². The van der Waals surface area contributed by atoms with Crippen LogP contribution in [-0.4, -0.2) is 13.0 Å². The molecule has 3 aromatic rings. The number of thiophene rings is 1. The topological polar surface area (TPSA) is 71.3 Å². The molecular formula is C28H28N2O3S. The highest BCUT2D eigenvalue weighted by Crippen LogP contribution is 2.39. The summed E-state index contributed by atoms with van der Waals surface area (Å²) in [7, 11) is 1.60. The number of benzene rings is 2. The molecule has 0 bridgehead atoms. The fourth-order valence-corrected chi connectivity index (χ4v) is 5.48. The van der Waals surface area contributed by atoms with Crippen LogP contribution in [0.5, 0.6) is 11.5 Å². The Balaban J connectivity index is 1.43. The van der Waals surface area contributed by atoms with Gasteiger partial charge in [0.05, 0.1) is 12.7 Å². The van der Waals surface area contributed by atoms with Crippen LogP contribution in [0.1, 0.15) is 46.0 Å². The largest absolute Gasteiger partial charge is 0.493 e.